The van der Waals surface area contributed by atoms with Crippen molar-refractivity contribution < 1.29 is 9.21 Å². The Morgan fingerprint density at radius 1 is 0.962 bits per heavy atom. The number of rotatable bonds is 3. The number of oxazole rings is 1. The van der Waals surface area contributed by atoms with Gasteiger partial charge < -0.3 is 9.73 Å². The van der Waals surface area contributed by atoms with Crippen LogP contribution in [0.3, 0.4) is 0 Å². The predicted molar refractivity (Wildman–Crippen MR) is 109 cm³/mol. The molecule has 128 valence electrons. The van der Waals surface area contributed by atoms with Gasteiger partial charge in [0.25, 0.3) is 5.91 Å². The van der Waals surface area contributed by atoms with Crippen LogP contribution in [0.4, 0.5) is 5.69 Å². The van der Waals surface area contributed by atoms with Crippen LogP contribution in [0.2, 0.25) is 0 Å². The summed E-state index contributed by atoms with van der Waals surface area (Å²) in [5.74, 6) is 0.357. The van der Waals surface area contributed by atoms with Gasteiger partial charge in [0.15, 0.2) is 5.58 Å². The van der Waals surface area contributed by atoms with Crippen LogP contribution < -0.4 is 5.32 Å². The fourth-order valence-corrected chi connectivity index (χ4v) is 3.28. The number of aromatic nitrogens is 1. The van der Waals surface area contributed by atoms with Crippen molar-refractivity contribution >= 4 is 54.6 Å². The normalized spacial score (nSPS) is 10.8. The van der Waals surface area contributed by atoms with E-state index >= 15 is 0 Å². The summed E-state index contributed by atoms with van der Waals surface area (Å²) in [6, 6.07) is 20.3. The lowest BCUT2D eigenvalue weighted by Gasteiger charge is -2.05. The molecular formula is C20H12Br2N2O2. The predicted octanol–water partition coefficient (Wildman–Crippen LogP) is 6.27. The zero-order chi connectivity index (χ0) is 18.1. The molecular weight excluding hydrogens is 460 g/mol. The molecule has 0 bridgehead atoms. The SMILES string of the molecule is O=C(Nc1ccc2oc(-c3ccccc3Br)nc2c1)c1ccc(Br)cc1. The molecule has 1 aromatic heterocycles. The van der Waals surface area contributed by atoms with E-state index in [9.17, 15) is 4.79 Å². The molecule has 4 rings (SSSR count). The van der Waals surface area contributed by atoms with Gasteiger partial charge in [-0.05, 0) is 70.5 Å². The fourth-order valence-electron chi connectivity index (χ4n) is 2.56. The number of anilines is 1. The Kier molecular flexibility index (Phi) is 4.61. The quantitative estimate of drug-likeness (QED) is 0.383. The molecule has 0 aliphatic carbocycles. The van der Waals surface area contributed by atoms with Crippen LogP contribution in [0, 0.1) is 0 Å². The molecule has 0 aliphatic rings. The van der Waals surface area contributed by atoms with Gasteiger partial charge in [-0.3, -0.25) is 4.79 Å². The maximum Gasteiger partial charge on any atom is 0.255 e. The van der Waals surface area contributed by atoms with Gasteiger partial charge in [-0.15, -0.1) is 0 Å². The highest BCUT2D eigenvalue weighted by Gasteiger charge is 2.12. The van der Waals surface area contributed by atoms with Crippen molar-refractivity contribution in [1.82, 2.24) is 4.98 Å². The molecule has 4 aromatic rings. The van der Waals surface area contributed by atoms with Gasteiger partial charge in [-0.25, -0.2) is 4.98 Å². The largest absolute Gasteiger partial charge is 0.436 e. The molecule has 0 saturated heterocycles. The zero-order valence-corrected chi connectivity index (χ0v) is 16.5. The van der Waals surface area contributed by atoms with Gasteiger partial charge in [0.05, 0.1) is 5.56 Å². The third-order valence-electron chi connectivity index (χ3n) is 3.86. The summed E-state index contributed by atoms with van der Waals surface area (Å²) in [5, 5.41) is 2.89. The van der Waals surface area contributed by atoms with Crippen molar-refractivity contribution in [3.05, 3.63) is 81.2 Å². The number of carbonyl (C=O) groups excluding carboxylic acids is 1. The minimum absolute atomic E-state index is 0.175. The van der Waals surface area contributed by atoms with E-state index in [-0.39, 0.29) is 5.91 Å². The standard InChI is InChI=1S/C20H12Br2N2O2/c21-13-7-5-12(6-8-13)19(25)23-14-9-10-18-17(11-14)24-20(26-18)15-3-1-2-4-16(15)22/h1-11H,(H,23,25). The van der Waals surface area contributed by atoms with Crippen molar-refractivity contribution in [2.75, 3.05) is 5.32 Å². The molecule has 0 unspecified atom stereocenters. The summed E-state index contributed by atoms with van der Waals surface area (Å²) in [5.41, 5.74) is 3.48. The van der Waals surface area contributed by atoms with E-state index in [1.165, 1.54) is 0 Å². The molecule has 1 N–H and O–H groups in total. The molecule has 26 heavy (non-hydrogen) atoms. The summed E-state index contributed by atoms with van der Waals surface area (Å²) >= 11 is 6.87. The number of nitrogens with one attached hydrogen (secondary N) is 1. The van der Waals surface area contributed by atoms with Crippen LogP contribution in [0.25, 0.3) is 22.6 Å². The first-order valence-electron chi connectivity index (χ1n) is 7.82. The van der Waals surface area contributed by atoms with E-state index in [0.717, 1.165) is 14.5 Å². The van der Waals surface area contributed by atoms with Crippen molar-refractivity contribution in [1.29, 1.82) is 0 Å². The number of nitrogens with zero attached hydrogens (tertiary/aromatic N) is 1. The molecule has 0 aliphatic heterocycles. The van der Waals surface area contributed by atoms with Gasteiger partial charge in [0.1, 0.15) is 5.52 Å². The Labute approximate surface area is 166 Å². The van der Waals surface area contributed by atoms with Crippen molar-refractivity contribution in [3.8, 4) is 11.5 Å². The molecule has 3 aromatic carbocycles. The Hall–Kier alpha value is -2.44. The van der Waals surface area contributed by atoms with E-state index in [1.54, 1.807) is 30.3 Å². The monoisotopic (exact) mass is 470 g/mol. The first-order valence-corrected chi connectivity index (χ1v) is 9.41. The van der Waals surface area contributed by atoms with Crippen LogP contribution in [-0.2, 0) is 0 Å². The number of amides is 1. The molecule has 0 atom stereocenters. The molecule has 1 heterocycles. The summed E-state index contributed by atoms with van der Waals surface area (Å²) in [4.78, 5) is 16.9. The zero-order valence-electron chi connectivity index (χ0n) is 13.4. The Balaban J connectivity index is 1.62. The second-order valence-corrected chi connectivity index (χ2v) is 7.41. The Morgan fingerprint density at radius 3 is 2.50 bits per heavy atom. The minimum Gasteiger partial charge on any atom is -0.436 e. The number of fused-ring (bicyclic) bond motifs is 1. The van der Waals surface area contributed by atoms with E-state index in [2.05, 4.69) is 42.2 Å². The van der Waals surface area contributed by atoms with Crippen LogP contribution in [0.15, 0.2) is 80.1 Å². The molecule has 0 saturated carbocycles. The molecule has 4 nitrogen and oxygen atoms in total. The summed E-state index contributed by atoms with van der Waals surface area (Å²) < 4.78 is 7.67. The lowest BCUT2D eigenvalue weighted by molar-refractivity contribution is 0.102. The molecule has 0 spiro atoms. The average molecular weight is 472 g/mol. The summed E-state index contributed by atoms with van der Waals surface area (Å²) in [6.45, 7) is 0. The first kappa shape index (κ1) is 17.0. The average Bonchev–Trinajstić information content (AvgIpc) is 3.05. The fraction of sp³-hybridized carbons (Fsp3) is 0. The van der Waals surface area contributed by atoms with E-state index < -0.39 is 0 Å². The van der Waals surface area contributed by atoms with E-state index in [1.807, 2.05) is 36.4 Å². The lowest BCUT2D eigenvalue weighted by atomic mass is 10.2. The number of halogens is 2. The van der Waals surface area contributed by atoms with Crippen molar-refractivity contribution in [3.63, 3.8) is 0 Å². The molecule has 1 amide bonds. The second kappa shape index (κ2) is 7.05. The molecule has 6 heteroatoms. The third kappa shape index (κ3) is 3.43. The molecule has 0 fully saturated rings. The Bertz CT molecular complexity index is 1100. The van der Waals surface area contributed by atoms with Crippen molar-refractivity contribution in [2.45, 2.75) is 0 Å². The maximum atomic E-state index is 12.4. The maximum absolute atomic E-state index is 12.4. The third-order valence-corrected chi connectivity index (χ3v) is 5.08. The van der Waals surface area contributed by atoms with E-state index in [4.69, 9.17) is 4.42 Å². The number of benzene rings is 3. The highest BCUT2D eigenvalue weighted by Crippen LogP contribution is 2.31. The van der Waals surface area contributed by atoms with Gasteiger partial charge in [-0.2, -0.15) is 0 Å². The van der Waals surface area contributed by atoms with Gasteiger partial charge in [0, 0.05) is 20.2 Å². The smallest absolute Gasteiger partial charge is 0.255 e. The van der Waals surface area contributed by atoms with E-state index in [0.29, 0.717) is 28.2 Å². The van der Waals surface area contributed by atoms with Crippen LogP contribution in [0.1, 0.15) is 10.4 Å². The van der Waals surface area contributed by atoms with Gasteiger partial charge in [0.2, 0.25) is 5.89 Å². The minimum atomic E-state index is -0.175. The lowest BCUT2D eigenvalue weighted by Crippen LogP contribution is -2.11. The van der Waals surface area contributed by atoms with Crippen LogP contribution in [0.5, 0.6) is 0 Å². The van der Waals surface area contributed by atoms with Crippen LogP contribution >= 0.6 is 31.9 Å². The van der Waals surface area contributed by atoms with Crippen LogP contribution in [-0.4, -0.2) is 10.9 Å². The number of hydrogen-bond donors (Lipinski definition) is 1. The summed E-state index contributed by atoms with van der Waals surface area (Å²) in [7, 11) is 0. The van der Waals surface area contributed by atoms with Gasteiger partial charge in [-0.1, -0.05) is 28.1 Å². The molecule has 0 radical (unpaired) electrons. The number of carbonyl (C=O) groups is 1. The number of hydrogen-bond acceptors (Lipinski definition) is 3. The summed E-state index contributed by atoms with van der Waals surface area (Å²) in [6.07, 6.45) is 0. The highest BCUT2D eigenvalue weighted by atomic mass is 79.9. The topological polar surface area (TPSA) is 55.1 Å². The van der Waals surface area contributed by atoms with Gasteiger partial charge >= 0.3 is 0 Å². The van der Waals surface area contributed by atoms with Crippen molar-refractivity contribution in [2.24, 2.45) is 0 Å². The Morgan fingerprint density at radius 2 is 1.73 bits per heavy atom. The highest BCUT2D eigenvalue weighted by molar-refractivity contribution is 9.10. The first-order chi connectivity index (χ1) is 12.6. The second-order valence-electron chi connectivity index (χ2n) is 5.64.